The summed E-state index contributed by atoms with van der Waals surface area (Å²) in [5.74, 6) is 0.393. The van der Waals surface area contributed by atoms with Crippen molar-refractivity contribution < 1.29 is 0 Å². The molecule has 0 aliphatic carbocycles. The SMILES string of the molecule is CNC(Cc1nc2ccccc2s1)c1snnc1C(C)C. The van der Waals surface area contributed by atoms with Crippen LogP contribution in [0.3, 0.4) is 0 Å². The summed E-state index contributed by atoms with van der Waals surface area (Å²) < 4.78 is 5.38. The third-order valence-corrected chi connectivity index (χ3v) is 5.38. The van der Waals surface area contributed by atoms with E-state index in [2.05, 4.69) is 47.0 Å². The highest BCUT2D eigenvalue weighted by atomic mass is 32.1. The van der Waals surface area contributed by atoms with Gasteiger partial charge in [-0.1, -0.05) is 30.5 Å². The predicted molar refractivity (Wildman–Crippen MR) is 89.1 cm³/mol. The second-order valence-corrected chi connectivity index (χ2v) is 7.20. The molecule has 2 heterocycles. The molecule has 0 amide bonds. The number of benzene rings is 1. The third-order valence-electron chi connectivity index (χ3n) is 3.47. The first-order valence-corrected chi connectivity index (χ1v) is 8.62. The molecule has 21 heavy (non-hydrogen) atoms. The van der Waals surface area contributed by atoms with Gasteiger partial charge in [-0.3, -0.25) is 0 Å². The van der Waals surface area contributed by atoms with Gasteiger partial charge in [0.1, 0.15) is 0 Å². The molecule has 1 atom stereocenters. The summed E-state index contributed by atoms with van der Waals surface area (Å²) in [6.07, 6.45) is 0.874. The van der Waals surface area contributed by atoms with Crippen molar-refractivity contribution in [2.45, 2.75) is 32.2 Å². The smallest absolute Gasteiger partial charge is 0.0957 e. The Morgan fingerprint density at radius 2 is 2.05 bits per heavy atom. The van der Waals surface area contributed by atoms with Crippen molar-refractivity contribution in [3.8, 4) is 0 Å². The van der Waals surface area contributed by atoms with Gasteiger partial charge in [-0.05, 0) is 36.6 Å². The molecule has 0 fully saturated rings. The third kappa shape index (κ3) is 2.97. The van der Waals surface area contributed by atoms with Gasteiger partial charge < -0.3 is 5.32 Å². The van der Waals surface area contributed by atoms with Crippen LogP contribution in [0.15, 0.2) is 24.3 Å². The van der Waals surface area contributed by atoms with Crippen LogP contribution < -0.4 is 5.32 Å². The van der Waals surface area contributed by atoms with E-state index in [0.29, 0.717) is 5.92 Å². The molecule has 2 aromatic heterocycles. The maximum Gasteiger partial charge on any atom is 0.0957 e. The number of rotatable bonds is 5. The van der Waals surface area contributed by atoms with Gasteiger partial charge in [0, 0.05) is 6.42 Å². The molecule has 4 nitrogen and oxygen atoms in total. The first-order valence-electron chi connectivity index (χ1n) is 7.03. The van der Waals surface area contributed by atoms with Gasteiger partial charge in [0.05, 0.1) is 31.8 Å². The molecule has 1 N–H and O–H groups in total. The maximum atomic E-state index is 4.73. The number of fused-ring (bicyclic) bond motifs is 1. The summed E-state index contributed by atoms with van der Waals surface area (Å²) in [5, 5.41) is 8.82. The van der Waals surface area contributed by atoms with E-state index in [9.17, 15) is 0 Å². The minimum atomic E-state index is 0.225. The van der Waals surface area contributed by atoms with Crippen molar-refractivity contribution in [2.75, 3.05) is 7.05 Å². The van der Waals surface area contributed by atoms with Crippen molar-refractivity contribution in [1.29, 1.82) is 0 Å². The van der Waals surface area contributed by atoms with E-state index >= 15 is 0 Å². The second kappa shape index (κ2) is 6.17. The first-order chi connectivity index (χ1) is 10.2. The topological polar surface area (TPSA) is 50.7 Å². The summed E-state index contributed by atoms with van der Waals surface area (Å²) in [7, 11) is 1.99. The van der Waals surface area contributed by atoms with Crippen LogP contribution in [0.25, 0.3) is 10.2 Å². The fourth-order valence-corrected chi connectivity index (χ4v) is 4.28. The zero-order valence-corrected chi connectivity index (χ0v) is 14.0. The molecule has 0 aliphatic heterocycles. The number of aromatic nitrogens is 3. The van der Waals surface area contributed by atoms with Gasteiger partial charge in [0.2, 0.25) is 0 Å². The zero-order valence-electron chi connectivity index (χ0n) is 12.3. The Hall–Kier alpha value is -1.37. The first kappa shape index (κ1) is 14.6. The number of hydrogen-bond acceptors (Lipinski definition) is 6. The molecule has 1 aromatic carbocycles. The van der Waals surface area contributed by atoms with Gasteiger partial charge in [-0.2, -0.15) is 0 Å². The normalized spacial score (nSPS) is 13.1. The Kier molecular flexibility index (Phi) is 4.28. The molecule has 3 aromatic rings. The van der Waals surface area contributed by atoms with E-state index in [1.807, 2.05) is 13.1 Å². The Morgan fingerprint density at radius 1 is 1.24 bits per heavy atom. The molecule has 0 aliphatic rings. The molecular weight excluding hydrogens is 300 g/mol. The molecule has 0 spiro atoms. The lowest BCUT2D eigenvalue weighted by atomic mass is 10.0. The largest absolute Gasteiger partial charge is 0.312 e. The van der Waals surface area contributed by atoms with Crippen molar-refractivity contribution >= 4 is 33.1 Å². The van der Waals surface area contributed by atoms with Crippen LogP contribution in [0.2, 0.25) is 0 Å². The zero-order chi connectivity index (χ0) is 14.8. The second-order valence-electron chi connectivity index (χ2n) is 5.30. The van der Waals surface area contributed by atoms with E-state index in [1.165, 1.54) is 21.1 Å². The predicted octanol–water partition coefficient (Wildman–Crippen LogP) is 3.77. The minimum absolute atomic E-state index is 0.225. The van der Waals surface area contributed by atoms with Crippen molar-refractivity contribution in [2.24, 2.45) is 0 Å². The highest BCUT2D eigenvalue weighted by molar-refractivity contribution is 7.18. The average molecular weight is 318 g/mol. The molecular formula is C15H18N4S2. The molecule has 0 saturated heterocycles. The Bertz CT molecular complexity index is 699. The Labute approximate surface area is 132 Å². The van der Waals surface area contributed by atoms with E-state index < -0.39 is 0 Å². The van der Waals surface area contributed by atoms with Crippen molar-refractivity contribution in [3.63, 3.8) is 0 Å². The van der Waals surface area contributed by atoms with Gasteiger partial charge in [-0.25, -0.2) is 4.98 Å². The van der Waals surface area contributed by atoms with Crippen molar-refractivity contribution in [1.82, 2.24) is 19.9 Å². The number of nitrogens with one attached hydrogen (secondary N) is 1. The summed E-state index contributed by atoms with van der Waals surface area (Å²) >= 11 is 3.26. The lowest BCUT2D eigenvalue weighted by molar-refractivity contribution is 0.588. The lowest BCUT2D eigenvalue weighted by Gasteiger charge is -2.14. The number of likely N-dealkylation sites (N-methyl/N-ethyl adjacent to an activating group) is 1. The van der Waals surface area contributed by atoms with E-state index in [0.717, 1.165) is 22.6 Å². The number of thiazole rings is 1. The van der Waals surface area contributed by atoms with Gasteiger partial charge >= 0.3 is 0 Å². The fourth-order valence-electron chi connectivity index (χ4n) is 2.35. The number of nitrogens with zero attached hydrogens (tertiary/aromatic N) is 3. The quantitative estimate of drug-likeness (QED) is 0.778. The van der Waals surface area contributed by atoms with E-state index in [1.54, 1.807) is 11.3 Å². The van der Waals surface area contributed by atoms with E-state index in [-0.39, 0.29) is 6.04 Å². The highest BCUT2D eigenvalue weighted by Crippen LogP contribution is 2.30. The summed E-state index contributed by atoms with van der Waals surface area (Å²) in [5.41, 5.74) is 2.18. The highest BCUT2D eigenvalue weighted by Gasteiger charge is 2.21. The minimum Gasteiger partial charge on any atom is -0.312 e. The molecule has 0 bridgehead atoms. The van der Waals surface area contributed by atoms with Gasteiger partial charge in [-0.15, -0.1) is 16.4 Å². The summed E-state index contributed by atoms with van der Waals surface area (Å²) in [6, 6.07) is 8.51. The number of hydrogen-bond donors (Lipinski definition) is 1. The van der Waals surface area contributed by atoms with Crippen LogP contribution >= 0.6 is 22.9 Å². The van der Waals surface area contributed by atoms with Crippen LogP contribution in [0.5, 0.6) is 0 Å². The number of para-hydroxylation sites is 1. The molecule has 1 unspecified atom stereocenters. The molecule has 0 radical (unpaired) electrons. The Morgan fingerprint density at radius 3 is 2.76 bits per heavy atom. The molecule has 6 heteroatoms. The average Bonchev–Trinajstić information content (AvgIpc) is 3.10. The molecule has 0 saturated carbocycles. The van der Waals surface area contributed by atoms with Crippen LogP contribution in [0.1, 0.15) is 41.4 Å². The lowest BCUT2D eigenvalue weighted by Crippen LogP contribution is -2.19. The summed E-state index contributed by atoms with van der Waals surface area (Å²) in [6.45, 7) is 4.31. The van der Waals surface area contributed by atoms with Gasteiger partial charge in [0.25, 0.3) is 0 Å². The van der Waals surface area contributed by atoms with Crippen LogP contribution in [-0.2, 0) is 6.42 Å². The fraction of sp³-hybridized carbons (Fsp3) is 0.400. The van der Waals surface area contributed by atoms with Crippen LogP contribution in [-0.4, -0.2) is 21.6 Å². The van der Waals surface area contributed by atoms with Crippen LogP contribution in [0, 0.1) is 0 Å². The molecule has 3 rings (SSSR count). The maximum absolute atomic E-state index is 4.73. The van der Waals surface area contributed by atoms with E-state index in [4.69, 9.17) is 4.98 Å². The molecule has 110 valence electrons. The summed E-state index contributed by atoms with van der Waals surface area (Å²) in [4.78, 5) is 5.96. The van der Waals surface area contributed by atoms with Crippen LogP contribution in [0.4, 0.5) is 0 Å². The monoisotopic (exact) mass is 318 g/mol. The standard InChI is InChI=1S/C15H18N4S2/c1-9(2)14-15(21-19-18-14)11(16-3)8-13-17-10-6-4-5-7-12(10)20-13/h4-7,9,11,16H,8H2,1-3H3. The van der Waals surface area contributed by atoms with Crippen molar-refractivity contribution in [3.05, 3.63) is 39.8 Å². The van der Waals surface area contributed by atoms with Gasteiger partial charge in [0.15, 0.2) is 0 Å². The Balaban J connectivity index is 1.88.